The highest BCUT2D eigenvalue weighted by Gasteiger charge is 2.15. The lowest BCUT2D eigenvalue weighted by atomic mass is 10.0. The Kier molecular flexibility index (Phi) is 6.51. The van der Waals surface area contributed by atoms with Crippen molar-refractivity contribution in [3.8, 4) is 0 Å². The van der Waals surface area contributed by atoms with E-state index >= 15 is 0 Å². The highest BCUT2D eigenvalue weighted by atomic mass is 16.3. The van der Waals surface area contributed by atoms with Crippen molar-refractivity contribution < 1.29 is 14.7 Å². The Balaban J connectivity index is 2.13. The van der Waals surface area contributed by atoms with Gasteiger partial charge in [0, 0.05) is 24.8 Å². The van der Waals surface area contributed by atoms with E-state index < -0.39 is 0 Å². The van der Waals surface area contributed by atoms with Crippen LogP contribution in [0.15, 0.2) is 54.6 Å². The molecule has 0 heterocycles. The van der Waals surface area contributed by atoms with E-state index in [9.17, 15) is 9.59 Å². The maximum absolute atomic E-state index is 12.5. The molecule has 0 aliphatic heterocycles. The van der Waals surface area contributed by atoms with Crippen molar-refractivity contribution in [1.82, 2.24) is 5.32 Å². The second-order valence-electron chi connectivity index (χ2n) is 5.56. The first-order chi connectivity index (χ1) is 11.6. The molecule has 0 spiro atoms. The Hall–Kier alpha value is -2.66. The average Bonchev–Trinajstić information content (AvgIpc) is 2.59. The maximum Gasteiger partial charge on any atom is 0.251 e. The lowest BCUT2D eigenvalue weighted by Crippen LogP contribution is -2.28. The van der Waals surface area contributed by atoms with E-state index in [1.165, 1.54) is 6.92 Å². The van der Waals surface area contributed by atoms with E-state index in [4.69, 9.17) is 5.11 Å². The van der Waals surface area contributed by atoms with Crippen LogP contribution in [-0.4, -0.2) is 23.5 Å². The standard InChI is InChI=1S/C19H22N2O3/c1-14(23)20-17-10-5-9-16(13-17)19(24)21-18(11-6-12-22)15-7-3-2-4-8-15/h2-5,7-10,13,18,22H,6,11-12H2,1H3,(H,20,23)(H,21,24). The quantitative estimate of drug-likeness (QED) is 0.732. The van der Waals surface area contributed by atoms with Gasteiger partial charge in [0.15, 0.2) is 0 Å². The van der Waals surface area contributed by atoms with Crippen molar-refractivity contribution >= 4 is 17.5 Å². The molecular formula is C19H22N2O3. The van der Waals surface area contributed by atoms with Crippen LogP contribution in [0.4, 0.5) is 5.69 Å². The van der Waals surface area contributed by atoms with Gasteiger partial charge < -0.3 is 15.7 Å². The topological polar surface area (TPSA) is 78.4 Å². The summed E-state index contributed by atoms with van der Waals surface area (Å²) in [7, 11) is 0. The van der Waals surface area contributed by atoms with E-state index in [1.54, 1.807) is 24.3 Å². The summed E-state index contributed by atoms with van der Waals surface area (Å²) in [6.07, 6.45) is 1.25. The molecule has 0 aromatic heterocycles. The van der Waals surface area contributed by atoms with Gasteiger partial charge in [0.1, 0.15) is 0 Å². The molecule has 2 rings (SSSR count). The minimum absolute atomic E-state index is 0.0806. The van der Waals surface area contributed by atoms with E-state index in [2.05, 4.69) is 10.6 Å². The molecule has 3 N–H and O–H groups in total. The Morgan fingerprint density at radius 3 is 2.50 bits per heavy atom. The molecule has 5 heteroatoms. The minimum Gasteiger partial charge on any atom is -0.396 e. The molecule has 2 aromatic carbocycles. The largest absolute Gasteiger partial charge is 0.396 e. The van der Waals surface area contributed by atoms with Gasteiger partial charge in [-0.15, -0.1) is 0 Å². The van der Waals surface area contributed by atoms with Gasteiger partial charge >= 0.3 is 0 Å². The zero-order valence-corrected chi connectivity index (χ0v) is 13.7. The number of aliphatic hydroxyl groups excluding tert-OH is 1. The summed E-state index contributed by atoms with van der Waals surface area (Å²) < 4.78 is 0. The van der Waals surface area contributed by atoms with Gasteiger partial charge in [-0.1, -0.05) is 36.4 Å². The zero-order valence-electron chi connectivity index (χ0n) is 13.7. The van der Waals surface area contributed by atoms with Gasteiger partial charge in [-0.05, 0) is 36.6 Å². The summed E-state index contributed by atoms with van der Waals surface area (Å²) in [5, 5.41) is 14.8. The summed E-state index contributed by atoms with van der Waals surface area (Å²) in [5.41, 5.74) is 2.06. The van der Waals surface area contributed by atoms with Gasteiger partial charge in [-0.2, -0.15) is 0 Å². The molecule has 0 radical (unpaired) electrons. The molecule has 126 valence electrons. The van der Waals surface area contributed by atoms with Gasteiger partial charge in [0.2, 0.25) is 5.91 Å². The first kappa shape index (κ1) is 17.7. The summed E-state index contributed by atoms with van der Waals surface area (Å²) >= 11 is 0. The molecule has 0 aliphatic rings. The summed E-state index contributed by atoms with van der Waals surface area (Å²) in [6, 6.07) is 16.3. The van der Waals surface area contributed by atoms with Crippen LogP contribution in [-0.2, 0) is 4.79 Å². The molecule has 0 fully saturated rings. The highest BCUT2D eigenvalue weighted by Crippen LogP contribution is 2.19. The molecular weight excluding hydrogens is 304 g/mol. The van der Waals surface area contributed by atoms with Crippen LogP contribution in [0.5, 0.6) is 0 Å². The number of rotatable bonds is 7. The SMILES string of the molecule is CC(=O)Nc1cccc(C(=O)NC(CCCO)c2ccccc2)c1. The van der Waals surface area contributed by atoms with E-state index in [-0.39, 0.29) is 24.5 Å². The number of hydrogen-bond acceptors (Lipinski definition) is 3. The fourth-order valence-electron chi connectivity index (χ4n) is 2.49. The number of aliphatic hydroxyl groups is 1. The number of nitrogens with one attached hydrogen (secondary N) is 2. The van der Waals surface area contributed by atoms with Crippen molar-refractivity contribution in [2.24, 2.45) is 0 Å². The van der Waals surface area contributed by atoms with Crippen LogP contribution in [0.1, 0.15) is 41.7 Å². The molecule has 1 atom stereocenters. The minimum atomic E-state index is -0.214. The zero-order chi connectivity index (χ0) is 17.4. The molecule has 0 aliphatic carbocycles. The second kappa shape index (κ2) is 8.84. The average molecular weight is 326 g/mol. The van der Waals surface area contributed by atoms with Crippen LogP contribution in [0.2, 0.25) is 0 Å². The first-order valence-corrected chi connectivity index (χ1v) is 7.94. The predicted octanol–water partition coefficient (Wildman–Crippen LogP) is 2.89. The predicted molar refractivity (Wildman–Crippen MR) is 93.7 cm³/mol. The van der Waals surface area contributed by atoms with Crippen LogP contribution in [0.3, 0.4) is 0 Å². The number of hydrogen-bond donors (Lipinski definition) is 3. The number of amides is 2. The van der Waals surface area contributed by atoms with Gasteiger partial charge in [-0.3, -0.25) is 9.59 Å². The number of carbonyl (C=O) groups is 2. The molecule has 0 saturated carbocycles. The van der Waals surface area contributed by atoms with Crippen LogP contribution < -0.4 is 10.6 Å². The lowest BCUT2D eigenvalue weighted by molar-refractivity contribution is -0.114. The van der Waals surface area contributed by atoms with Crippen molar-refractivity contribution in [2.75, 3.05) is 11.9 Å². The monoisotopic (exact) mass is 326 g/mol. The van der Waals surface area contributed by atoms with Crippen LogP contribution in [0, 0.1) is 0 Å². The normalized spacial score (nSPS) is 11.6. The smallest absolute Gasteiger partial charge is 0.251 e. The fourth-order valence-corrected chi connectivity index (χ4v) is 2.49. The van der Waals surface area contributed by atoms with Crippen LogP contribution >= 0.6 is 0 Å². The fraction of sp³-hybridized carbons (Fsp3) is 0.263. The lowest BCUT2D eigenvalue weighted by Gasteiger charge is -2.19. The van der Waals surface area contributed by atoms with Crippen LogP contribution in [0.25, 0.3) is 0 Å². The summed E-state index contributed by atoms with van der Waals surface area (Å²) in [4.78, 5) is 23.7. The number of benzene rings is 2. The molecule has 2 amide bonds. The Morgan fingerprint density at radius 1 is 1.08 bits per heavy atom. The van der Waals surface area contributed by atoms with Crippen molar-refractivity contribution in [3.05, 3.63) is 65.7 Å². The third-order valence-corrected chi connectivity index (χ3v) is 3.60. The highest BCUT2D eigenvalue weighted by molar-refractivity contribution is 5.97. The van der Waals surface area contributed by atoms with Gasteiger partial charge in [0.25, 0.3) is 5.91 Å². The molecule has 0 bridgehead atoms. The first-order valence-electron chi connectivity index (χ1n) is 7.94. The second-order valence-corrected chi connectivity index (χ2v) is 5.56. The maximum atomic E-state index is 12.5. The third-order valence-electron chi connectivity index (χ3n) is 3.60. The summed E-state index contributed by atoms with van der Waals surface area (Å²) in [6.45, 7) is 1.50. The van der Waals surface area contributed by atoms with E-state index in [0.717, 1.165) is 5.56 Å². The third kappa shape index (κ3) is 5.21. The molecule has 2 aromatic rings. The molecule has 0 saturated heterocycles. The van der Waals surface area contributed by atoms with Crippen molar-refractivity contribution in [2.45, 2.75) is 25.8 Å². The Morgan fingerprint density at radius 2 is 1.83 bits per heavy atom. The Labute approximate surface area is 141 Å². The van der Waals surface area contributed by atoms with E-state index in [0.29, 0.717) is 24.1 Å². The van der Waals surface area contributed by atoms with Gasteiger partial charge in [-0.25, -0.2) is 0 Å². The van der Waals surface area contributed by atoms with Crippen molar-refractivity contribution in [3.63, 3.8) is 0 Å². The van der Waals surface area contributed by atoms with E-state index in [1.807, 2.05) is 30.3 Å². The molecule has 24 heavy (non-hydrogen) atoms. The number of carbonyl (C=O) groups excluding carboxylic acids is 2. The van der Waals surface area contributed by atoms with Gasteiger partial charge in [0.05, 0.1) is 6.04 Å². The molecule has 1 unspecified atom stereocenters. The summed E-state index contributed by atoms with van der Waals surface area (Å²) in [5.74, 6) is -0.397. The van der Waals surface area contributed by atoms with Crippen molar-refractivity contribution in [1.29, 1.82) is 0 Å². The Bertz CT molecular complexity index is 686. The number of anilines is 1. The molecule has 5 nitrogen and oxygen atoms in total.